The van der Waals surface area contributed by atoms with Crippen LogP contribution >= 0.6 is 0 Å². The molecule has 4 nitrogen and oxygen atoms in total. The van der Waals surface area contributed by atoms with Gasteiger partial charge in [-0.1, -0.05) is 6.92 Å². The summed E-state index contributed by atoms with van der Waals surface area (Å²) >= 11 is 0. The van der Waals surface area contributed by atoms with Crippen LogP contribution in [0.2, 0.25) is 0 Å². The van der Waals surface area contributed by atoms with Crippen molar-refractivity contribution in [2.45, 2.75) is 26.5 Å². The van der Waals surface area contributed by atoms with Crippen LogP contribution in [-0.4, -0.2) is 21.4 Å². The van der Waals surface area contributed by atoms with E-state index in [4.69, 9.17) is 5.73 Å². The van der Waals surface area contributed by atoms with Gasteiger partial charge in [-0.05, 0) is 25.5 Å². The van der Waals surface area contributed by atoms with E-state index in [9.17, 15) is 5.11 Å². The summed E-state index contributed by atoms with van der Waals surface area (Å²) in [5, 5.41) is 13.9. The van der Waals surface area contributed by atoms with E-state index in [1.165, 1.54) is 0 Å². The highest BCUT2D eigenvalue weighted by molar-refractivity contribution is 5.05. The molecule has 0 aliphatic rings. The van der Waals surface area contributed by atoms with Gasteiger partial charge >= 0.3 is 0 Å². The maximum Gasteiger partial charge on any atom is 0.0994 e. The van der Waals surface area contributed by atoms with Crippen molar-refractivity contribution < 1.29 is 5.11 Å². The van der Waals surface area contributed by atoms with Crippen LogP contribution in [0.25, 0.3) is 0 Å². The Bertz CT molecular complexity index is 259. The summed E-state index contributed by atoms with van der Waals surface area (Å²) in [5.41, 5.74) is 6.33. The molecule has 0 amide bonds. The highest BCUT2D eigenvalue weighted by Gasteiger charge is 2.18. The molecule has 2 unspecified atom stereocenters. The number of aromatic nitrogens is 2. The molecule has 4 heteroatoms. The van der Waals surface area contributed by atoms with Gasteiger partial charge in [0.1, 0.15) is 0 Å². The second-order valence-electron chi connectivity index (χ2n) is 3.23. The van der Waals surface area contributed by atoms with Crippen LogP contribution in [0.5, 0.6) is 0 Å². The number of hydrogen-bond donors (Lipinski definition) is 2. The van der Waals surface area contributed by atoms with Gasteiger partial charge in [-0.3, -0.25) is 4.68 Å². The third kappa shape index (κ3) is 2.08. The molecule has 1 aromatic heterocycles. The van der Waals surface area contributed by atoms with Gasteiger partial charge in [-0.2, -0.15) is 5.10 Å². The van der Waals surface area contributed by atoms with Crippen molar-refractivity contribution in [2.75, 3.05) is 6.54 Å². The van der Waals surface area contributed by atoms with Crippen molar-refractivity contribution >= 4 is 0 Å². The predicted octanol–water partition coefficient (Wildman–Crippen LogP) is 0.531. The highest BCUT2D eigenvalue weighted by Crippen LogP contribution is 2.20. The minimum atomic E-state index is -0.507. The van der Waals surface area contributed by atoms with Crippen LogP contribution in [-0.2, 0) is 6.54 Å². The van der Waals surface area contributed by atoms with E-state index in [1.54, 1.807) is 10.9 Å². The quantitative estimate of drug-likeness (QED) is 0.715. The van der Waals surface area contributed by atoms with Gasteiger partial charge in [0.05, 0.1) is 11.8 Å². The van der Waals surface area contributed by atoms with E-state index < -0.39 is 6.10 Å². The lowest BCUT2D eigenvalue weighted by molar-refractivity contribution is 0.112. The molecule has 1 aromatic rings. The van der Waals surface area contributed by atoms with E-state index in [-0.39, 0.29) is 5.92 Å². The van der Waals surface area contributed by atoms with E-state index in [0.29, 0.717) is 6.54 Å². The molecule has 0 bridgehead atoms. The number of nitrogens with zero attached hydrogens (tertiary/aromatic N) is 2. The lowest BCUT2D eigenvalue weighted by Crippen LogP contribution is -2.21. The third-order valence-corrected chi connectivity index (χ3v) is 2.26. The lowest BCUT2D eigenvalue weighted by atomic mass is 10.0. The Labute approximate surface area is 78.4 Å². The molecule has 1 heterocycles. The van der Waals surface area contributed by atoms with E-state index in [0.717, 1.165) is 12.2 Å². The van der Waals surface area contributed by atoms with Crippen LogP contribution < -0.4 is 5.73 Å². The van der Waals surface area contributed by atoms with Crippen molar-refractivity contribution in [3.05, 3.63) is 18.0 Å². The zero-order valence-corrected chi connectivity index (χ0v) is 8.14. The summed E-state index contributed by atoms with van der Waals surface area (Å²) < 4.78 is 1.79. The number of rotatable bonds is 4. The molecule has 2 atom stereocenters. The van der Waals surface area contributed by atoms with Gasteiger partial charge in [0.25, 0.3) is 0 Å². The van der Waals surface area contributed by atoms with E-state index >= 15 is 0 Å². The summed E-state index contributed by atoms with van der Waals surface area (Å²) in [6.45, 7) is 5.18. The van der Waals surface area contributed by atoms with Gasteiger partial charge in [-0.25, -0.2) is 0 Å². The van der Waals surface area contributed by atoms with Crippen molar-refractivity contribution in [1.29, 1.82) is 0 Å². The van der Waals surface area contributed by atoms with Crippen LogP contribution in [0.1, 0.15) is 25.6 Å². The summed E-state index contributed by atoms with van der Waals surface area (Å²) in [7, 11) is 0. The summed E-state index contributed by atoms with van der Waals surface area (Å²) in [6.07, 6.45) is 1.19. The Morgan fingerprint density at radius 3 is 2.92 bits per heavy atom. The molecule has 74 valence electrons. The number of nitrogens with two attached hydrogens (primary N) is 1. The maximum absolute atomic E-state index is 9.85. The Morgan fingerprint density at radius 2 is 2.38 bits per heavy atom. The summed E-state index contributed by atoms with van der Waals surface area (Å²) in [4.78, 5) is 0. The molecular weight excluding hydrogens is 166 g/mol. The predicted molar refractivity (Wildman–Crippen MR) is 51.1 cm³/mol. The van der Waals surface area contributed by atoms with Crippen molar-refractivity contribution in [3.63, 3.8) is 0 Å². The van der Waals surface area contributed by atoms with Crippen LogP contribution in [0.15, 0.2) is 12.3 Å². The van der Waals surface area contributed by atoms with Crippen LogP contribution in [0, 0.1) is 5.92 Å². The molecule has 0 saturated carbocycles. The fraction of sp³-hybridized carbons (Fsp3) is 0.667. The average molecular weight is 183 g/mol. The fourth-order valence-electron chi connectivity index (χ4n) is 1.28. The van der Waals surface area contributed by atoms with E-state index in [2.05, 4.69) is 5.10 Å². The molecule has 0 saturated heterocycles. The lowest BCUT2D eigenvalue weighted by Gasteiger charge is -2.17. The number of aliphatic hydroxyl groups excluding tert-OH is 1. The standard InChI is InChI=1S/C9H17N3O/c1-3-12-8(4-5-11-12)9(13)7(2)6-10/h4-5,7,9,13H,3,6,10H2,1-2H3. The number of hydrogen-bond acceptors (Lipinski definition) is 3. The van der Waals surface area contributed by atoms with Gasteiger partial charge in [0, 0.05) is 12.7 Å². The topological polar surface area (TPSA) is 64.1 Å². The molecule has 3 N–H and O–H groups in total. The summed E-state index contributed by atoms with van der Waals surface area (Å²) in [5.74, 6) is 0.0713. The van der Waals surface area contributed by atoms with Crippen LogP contribution in [0.4, 0.5) is 0 Å². The molecule has 0 aliphatic heterocycles. The summed E-state index contributed by atoms with van der Waals surface area (Å²) in [6, 6.07) is 1.83. The zero-order chi connectivity index (χ0) is 9.84. The monoisotopic (exact) mass is 183 g/mol. The SMILES string of the molecule is CCn1nccc1C(O)C(C)CN. The normalized spacial score (nSPS) is 15.7. The molecule has 1 rings (SSSR count). The fourth-order valence-corrected chi connectivity index (χ4v) is 1.28. The second kappa shape index (κ2) is 4.39. The zero-order valence-electron chi connectivity index (χ0n) is 8.14. The maximum atomic E-state index is 9.85. The Hall–Kier alpha value is -0.870. The van der Waals surface area contributed by atoms with Gasteiger partial charge in [0.2, 0.25) is 0 Å². The molecule has 13 heavy (non-hydrogen) atoms. The molecule has 0 aliphatic carbocycles. The Morgan fingerprint density at radius 1 is 1.69 bits per heavy atom. The minimum absolute atomic E-state index is 0.0713. The smallest absolute Gasteiger partial charge is 0.0994 e. The second-order valence-corrected chi connectivity index (χ2v) is 3.23. The Balaban J connectivity index is 2.81. The number of aryl methyl sites for hydroxylation is 1. The van der Waals surface area contributed by atoms with Gasteiger partial charge in [0.15, 0.2) is 0 Å². The Kier molecular flexibility index (Phi) is 3.45. The minimum Gasteiger partial charge on any atom is -0.386 e. The largest absolute Gasteiger partial charge is 0.386 e. The highest BCUT2D eigenvalue weighted by atomic mass is 16.3. The molecule has 0 radical (unpaired) electrons. The molecule has 0 fully saturated rings. The first-order chi connectivity index (χ1) is 6.20. The molecule has 0 aromatic carbocycles. The van der Waals surface area contributed by atoms with Gasteiger partial charge in [-0.15, -0.1) is 0 Å². The first kappa shape index (κ1) is 10.2. The van der Waals surface area contributed by atoms with Crippen LogP contribution in [0.3, 0.4) is 0 Å². The van der Waals surface area contributed by atoms with Crippen molar-refractivity contribution in [2.24, 2.45) is 11.7 Å². The first-order valence-electron chi connectivity index (χ1n) is 4.60. The van der Waals surface area contributed by atoms with Crippen molar-refractivity contribution in [1.82, 2.24) is 9.78 Å². The average Bonchev–Trinajstić information content (AvgIpc) is 2.62. The third-order valence-electron chi connectivity index (χ3n) is 2.26. The van der Waals surface area contributed by atoms with Gasteiger partial charge < -0.3 is 10.8 Å². The van der Waals surface area contributed by atoms with Crippen molar-refractivity contribution in [3.8, 4) is 0 Å². The number of aliphatic hydroxyl groups is 1. The molecular formula is C9H17N3O. The molecule has 0 spiro atoms. The van der Waals surface area contributed by atoms with E-state index in [1.807, 2.05) is 19.9 Å². The first-order valence-corrected chi connectivity index (χ1v) is 4.60.